The quantitative estimate of drug-likeness (QED) is 0.594. The summed E-state index contributed by atoms with van der Waals surface area (Å²) in [4.78, 5) is 7.10. The maximum Gasteiger partial charge on any atom is 0.177 e. The average Bonchev–Trinajstić information content (AvgIpc) is 0.918. The second-order valence-electron chi connectivity index (χ2n) is 0.105. The van der Waals surface area contributed by atoms with Gasteiger partial charge in [-0.1, -0.05) is 0 Å². The Morgan fingerprint density at radius 1 is 1.75 bits per heavy atom. The molecule has 0 aliphatic rings. The van der Waals surface area contributed by atoms with E-state index in [0.717, 1.165) is 0 Å². The van der Waals surface area contributed by atoms with Gasteiger partial charge in [-0.2, -0.15) is 0 Å². The van der Waals surface area contributed by atoms with Crippen LogP contribution >= 0.6 is 8.69 Å². The Hall–Kier alpha value is 0.930. The summed E-state index contributed by atoms with van der Waals surface area (Å²) in [6.07, 6.45) is 0. The molecule has 0 aromatic rings. The van der Waals surface area contributed by atoms with E-state index in [2.05, 4.69) is 0 Å². The van der Waals surface area contributed by atoms with E-state index < -0.39 is 8.69 Å². The van der Waals surface area contributed by atoms with E-state index in [4.69, 9.17) is 9.46 Å². The van der Waals surface area contributed by atoms with Gasteiger partial charge in [0.2, 0.25) is 0 Å². The molecule has 0 rings (SSSR count). The van der Waals surface area contributed by atoms with Crippen LogP contribution in [0.25, 0.3) is 0 Å². The van der Waals surface area contributed by atoms with Crippen molar-refractivity contribution in [1.29, 1.82) is 0 Å². The third-order valence-corrected chi connectivity index (χ3v) is 0. The Kier molecular flexibility index (Phi) is 20.1. The average molecular weight is 247 g/mol. The molecule has 0 aliphatic carbocycles. The fraction of sp³-hybridized carbons (Fsp3) is 0. The van der Waals surface area contributed by atoms with Gasteiger partial charge in [-0.25, -0.2) is 0 Å². The maximum absolute atomic E-state index is 8.57. The Balaban J connectivity index is 0. The summed E-state index contributed by atoms with van der Waals surface area (Å²) in [6, 6.07) is 0. The van der Waals surface area contributed by atoms with Gasteiger partial charge in [-0.15, -0.1) is 0 Å². The summed E-state index contributed by atoms with van der Waals surface area (Å²) in [5.74, 6) is 0. The van der Waals surface area contributed by atoms with Crippen molar-refractivity contribution in [3.05, 3.63) is 0 Å². The van der Waals surface area contributed by atoms with Gasteiger partial charge in [0.1, 0.15) is 0 Å². The zero-order chi connectivity index (χ0) is 2.71. The van der Waals surface area contributed by atoms with Gasteiger partial charge < -0.3 is 4.89 Å². The Bertz CT molecular complexity index is 13.5. The van der Waals surface area contributed by atoms with E-state index >= 15 is 0 Å². The molecule has 0 aliphatic heterocycles. The smallest absolute Gasteiger partial charge is 0.177 e. The van der Waals surface area contributed by atoms with Gasteiger partial charge >= 0.3 is 0 Å². The summed E-state index contributed by atoms with van der Waals surface area (Å²) < 4.78 is 8.57. The van der Waals surface area contributed by atoms with Crippen molar-refractivity contribution < 1.29 is 31.8 Å². The largest absolute Gasteiger partial charge is 0.348 e. The van der Waals surface area contributed by atoms with Gasteiger partial charge in [-0.05, 0) is 0 Å². The molecule has 0 aromatic carbocycles. The summed E-state index contributed by atoms with van der Waals surface area (Å²) in [6.45, 7) is 0. The van der Waals surface area contributed by atoms with Crippen molar-refractivity contribution in [3.63, 3.8) is 0 Å². The SMILES string of the molecule is O=[PH2]O.[Ta]. The molecule has 1 atom stereocenters. The van der Waals surface area contributed by atoms with Crippen LogP contribution in [0.5, 0.6) is 0 Å². The summed E-state index contributed by atoms with van der Waals surface area (Å²) >= 11 is 0. The molecule has 4 heteroatoms. The molecule has 0 spiro atoms. The van der Waals surface area contributed by atoms with Gasteiger partial charge in [-0.3, -0.25) is 4.57 Å². The van der Waals surface area contributed by atoms with E-state index in [1.165, 1.54) is 0 Å². The Morgan fingerprint density at radius 3 is 1.75 bits per heavy atom. The fourth-order valence-electron chi connectivity index (χ4n) is 0. The number of rotatable bonds is 0. The number of hydrogen-bond acceptors (Lipinski definition) is 1. The zero-order valence-electron chi connectivity index (χ0n) is 1.88. The molecule has 1 radical (unpaired) electrons. The first-order valence-electron chi connectivity index (χ1n) is 0.494. The van der Waals surface area contributed by atoms with E-state index in [0.29, 0.717) is 0 Å². The van der Waals surface area contributed by atoms with Crippen LogP contribution in [0.15, 0.2) is 0 Å². The van der Waals surface area contributed by atoms with E-state index in [1.54, 1.807) is 0 Å². The molecule has 25 valence electrons. The molecule has 2 nitrogen and oxygen atoms in total. The molecule has 0 saturated heterocycles. The first-order chi connectivity index (χ1) is 1.41. The van der Waals surface area contributed by atoms with Crippen LogP contribution < -0.4 is 0 Å². The van der Waals surface area contributed by atoms with Gasteiger partial charge in [0.05, 0.1) is 0 Å². The van der Waals surface area contributed by atoms with Gasteiger partial charge in [0.15, 0.2) is 8.69 Å². The molecule has 0 bridgehead atoms. The Labute approximate surface area is 41.0 Å². The minimum absolute atomic E-state index is 0. The van der Waals surface area contributed by atoms with Crippen molar-refractivity contribution in [2.45, 2.75) is 0 Å². The molecule has 0 amide bonds. The first-order valence-corrected chi connectivity index (χ1v) is 1.48. The van der Waals surface area contributed by atoms with Crippen LogP contribution in [-0.2, 0) is 26.9 Å². The van der Waals surface area contributed by atoms with Crippen LogP contribution in [0.4, 0.5) is 0 Å². The summed E-state index contributed by atoms with van der Waals surface area (Å²) in [5, 5.41) is 0. The second kappa shape index (κ2) is 9.06. The monoisotopic (exact) mass is 247 g/mol. The number of hydrogen-bond donors (Lipinski definition) is 1. The third-order valence-electron chi connectivity index (χ3n) is 0. The van der Waals surface area contributed by atoms with Gasteiger partial charge in [0, 0.05) is 22.4 Å². The second-order valence-corrected chi connectivity index (χ2v) is 0.316. The molecule has 1 N–H and O–H groups in total. The first kappa shape index (κ1) is 8.87. The molecular weight excluding hydrogens is 244 g/mol. The van der Waals surface area contributed by atoms with Crippen LogP contribution in [0, 0.1) is 0 Å². The standard InChI is InChI=1S/H3O2P.Ta/c1-3-2;/h3H2,(H,1,2);. The predicted octanol–water partition coefficient (Wildman–Crippen LogP) is -0.353. The Morgan fingerprint density at radius 2 is 1.75 bits per heavy atom. The van der Waals surface area contributed by atoms with Crippen molar-refractivity contribution in [1.82, 2.24) is 0 Å². The van der Waals surface area contributed by atoms with Crippen molar-refractivity contribution in [2.24, 2.45) is 0 Å². The molecule has 0 heterocycles. The molecule has 0 aromatic heterocycles. The third kappa shape index (κ3) is 12.6. The maximum atomic E-state index is 8.57. The summed E-state index contributed by atoms with van der Waals surface area (Å²) in [7, 11) is -1.50. The zero-order valence-corrected chi connectivity index (χ0v) is 6.25. The van der Waals surface area contributed by atoms with Crippen LogP contribution in [0.3, 0.4) is 0 Å². The topological polar surface area (TPSA) is 37.3 Å². The summed E-state index contributed by atoms with van der Waals surface area (Å²) in [5.41, 5.74) is 0. The van der Waals surface area contributed by atoms with Crippen LogP contribution in [0.1, 0.15) is 0 Å². The minimum atomic E-state index is -1.50. The molecule has 1 unspecified atom stereocenters. The van der Waals surface area contributed by atoms with Crippen molar-refractivity contribution in [3.8, 4) is 0 Å². The normalized spacial score (nSPS) is 7.25. The van der Waals surface area contributed by atoms with E-state index in [1.807, 2.05) is 0 Å². The van der Waals surface area contributed by atoms with Crippen LogP contribution in [-0.4, -0.2) is 4.89 Å². The molecule has 0 saturated carbocycles. The molecule has 4 heavy (non-hydrogen) atoms. The van der Waals surface area contributed by atoms with Crippen molar-refractivity contribution >= 4 is 8.69 Å². The molecule has 0 fully saturated rings. The minimum Gasteiger partial charge on any atom is -0.348 e. The molecular formula is H3O2PTa. The van der Waals surface area contributed by atoms with Crippen LogP contribution in [0.2, 0.25) is 0 Å². The van der Waals surface area contributed by atoms with E-state index in [-0.39, 0.29) is 22.4 Å². The van der Waals surface area contributed by atoms with E-state index in [9.17, 15) is 0 Å². The van der Waals surface area contributed by atoms with Gasteiger partial charge in [0.25, 0.3) is 0 Å². The predicted molar refractivity (Wildman–Crippen MR) is 12.6 cm³/mol. The van der Waals surface area contributed by atoms with Crippen molar-refractivity contribution in [2.75, 3.05) is 0 Å². The fourth-order valence-corrected chi connectivity index (χ4v) is 0.